The molecule has 3 aromatic heterocycles. The van der Waals surface area contributed by atoms with E-state index in [1.54, 1.807) is 60.8 Å². The number of oxazole rings is 1. The van der Waals surface area contributed by atoms with Crippen LogP contribution in [-0.2, 0) is 0 Å². The molecule has 1 amide bonds. The van der Waals surface area contributed by atoms with Crippen molar-refractivity contribution in [1.82, 2.24) is 9.97 Å². The van der Waals surface area contributed by atoms with E-state index in [9.17, 15) is 4.79 Å². The molecule has 5 rings (SSSR count). The third kappa shape index (κ3) is 4.21. The van der Waals surface area contributed by atoms with Crippen LogP contribution in [0.15, 0.2) is 69.6 Å². The molecule has 0 saturated heterocycles. The molecule has 0 atom stereocenters. The summed E-state index contributed by atoms with van der Waals surface area (Å²) in [6.07, 6.45) is 1.62. The van der Waals surface area contributed by atoms with E-state index in [2.05, 4.69) is 15.3 Å². The molecule has 3 heterocycles. The highest BCUT2D eigenvalue weighted by Crippen LogP contribution is 2.38. The fourth-order valence-electron chi connectivity index (χ4n) is 3.36. The summed E-state index contributed by atoms with van der Waals surface area (Å²) in [5.74, 6) is 0.618. The van der Waals surface area contributed by atoms with Gasteiger partial charge in [0.15, 0.2) is 22.7 Å². The number of hydrogen-bond donors (Lipinski definition) is 1. The Morgan fingerprint density at radius 2 is 1.76 bits per heavy atom. The first-order chi connectivity index (χ1) is 16.4. The molecule has 170 valence electrons. The highest BCUT2D eigenvalue weighted by molar-refractivity contribution is 6.42. The number of nitrogens with zero attached hydrogens (tertiary/aromatic N) is 2. The molecule has 10 heteroatoms. The van der Waals surface area contributed by atoms with Crippen LogP contribution < -0.4 is 10.1 Å². The van der Waals surface area contributed by atoms with Gasteiger partial charge < -0.3 is 18.9 Å². The number of anilines is 1. The average molecular weight is 515 g/mol. The van der Waals surface area contributed by atoms with Crippen molar-refractivity contribution in [3.8, 4) is 28.5 Å². The minimum absolute atomic E-state index is 0.0794. The number of amides is 1. The predicted octanol–water partition coefficient (Wildman–Crippen LogP) is 7.37. The van der Waals surface area contributed by atoms with Crippen molar-refractivity contribution >= 4 is 57.6 Å². The van der Waals surface area contributed by atoms with Gasteiger partial charge in [0, 0.05) is 17.3 Å². The number of nitrogens with one attached hydrogen (secondary N) is 1. The van der Waals surface area contributed by atoms with E-state index in [-0.39, 0.29) is 16.5 Å². The Hall–Kier alpha value is -3.52. The Morgan fingerprint density at radius 3 is 2.53 bits per heavy atom. The molecule has 7 nitrogen and oxygen atoms in total. The molecule has 5 aromatic rings. The van der Waals surface area contributed by atoms with Crippen LogP contribution in [0.3, 0.4) is 0 Å². The molecule has 0 aliphatic heterocycles. The Balaban J connectivity index is 1.46. The molecule has 0 fully saturated rings. The van der Waals surface area contributed by atoms with E-state index in [0.717, 1.165) is 0 Å². The second-order valence-electron chi connectivity index (χ2n) is 7.13. The number of carbonyl (C=O) groups excluding carboxylic acids is 1. The van der Waals surface area contributed by atoms with Crippen LogP contribution >= 0.6 is 34.8 Å². The summed E-state index contributed by atoms with van der Waals surface area (Å²) in [6, 6.07) is 15.1. The molecule has 0 saturated carbocycles. The van der Waals surface area contributed by atoms with Crippen LogP contribution in [0.2, 0.25) is 15.1 Å². The maximum Gasteiger partial charge on any atom is 0.291 e. The second kappa shape index (κ2) is 9.02. The number of aromatic nitrogens is 2. The van der Waals surface area contributed by atoms with Crippen LogP contribution in [0.25, 0.3) is 34.0 Å². The lowest BCUT2D eigenvalue weighted by Gasteiger charge is -2.12. The van der Waals surface area contributed by atoms with Crippen LogP contribution in [0.4, 0.5) is 5.69 Å². The van der Waals surface area contributed by atoms with Crippen molar-refractivity contribution in [2.75, 3.05) is 12.4 Å². The summed E-state index contributed by atoms with van der Waals surface area (Å²) in [4.78, 5) is 21.5. The van der Waals surface area contributed by atoms with Crippen molar-refractivity contribution in [2.24, 2.45) is 0 Å². The van der Waals surface area contributed by atoms with Gasteiger partial charge in [-0.1, -0.05) is 34.8 Å². The minimum atomic E-state index is -0.503. The summed E-state index contributed by atoms with van der Waals surface area (Å²) in [7, 11) is 1.45. The smallest absolute Gasteiger partial charge is 0.291 e. The standard InChI is InChI=1S/C24H14Cl3N3O4/c1-32-21-16(27)10-13(24-30-22-19(34-24)3-2-8-28-22)11-17(21)29-23(31)20-7-6-18(33-20)12-4-5-14(25)15(26)9-12/h2-11H,1H3,(H,29,31). The largest absolute Gasteiger partial charge is 0.493 e. The molecular formula is C24H14Cl3N3O4. The molecular weight excluding hydrogens is 501 g/mol. The number of hydrogen-bond acceptors (Lipinski definition) is 6. The topological polar surface area (TPSA) is 90.4 Å². The van der Waals surface area contributed by atoms with Crippen LogP contribution in [0.5, 0.6) is 5.75 Å². The van der Waals surface area contributed by atoms with E-state index in [0.29, 0.717) is 49.7 Å². The van der Waals surface area contributed by atoms with Crippen molar-refractivity contribution in [1.29, 1.82) is 0 Å². The maximum absolute atomic E-state index is 12.9. The first kappa shape index (κ1) is 22.3. The van der Waals surface area contributed by atoms with Crippen LogP contribution in [0.1, 0.15) is 10.6 Å². The Bertz CT molecular complexity index is 1510. The summed E-state index contributed by atoms with van der Waals surface area (Å²) in [6.45, 7) is 0. The van der Waals surface area contributed by atoms with Gasteiger partial charge in [0.1, 0.15) is 5.76 Å². The van der Waals surface area contributed by atoms with Crippen LogP contribution in [-0.4, -0.2) is 23.0 Å². The van der Waals surface area contributed by atoms with Crippen molar-refractivity contribution in [2.45, 2.75) is 0 Å². The number of methoxy groups -OCH3 is 1. The van der Waals surface area contributed by atoms with E-state index >= 15 is 0 Å². The lowest BCUT2D eigenvalue weighted by atomic mass is 10.1. The molecule has 0 aliphatic rings. The summed E-state index contributed by atoms with van der Waals surface area (Å²) < 4.78 is 16.9. The highest BCUT2D eigenvalue weighted by Gasteiger charge is 2.20. The molecule has 34 heavy (non-hydrogen) atoms. The summed E-state index contributed by atoms with van der Waals surface area (Å²) >= 11 is 18.5. The fourth-order valence-corrected chi connectivity index (χ4v) is 3.95. The fraction of sp³-hybridized carbons (Fsp3) is 0.0417. The highest BCUT2D eigenvalue weighted by atomic mass is 35.5. The number of carbonyl (C=O) groups is 1. The lowest BCUT2D eigenvalue weighted by Crippen LogP contribution is -2.12. The third-order valence-electron chi connectivity index (χ3n) is 4.94. The molecule has 0 aliphatic carbocycles. The monoisotopic (exact) mass is 513 g/mol. The van der Waals surface area contributed by atoms with Gasteiger partial charge in [-0.2, -0.15) is 4.98 Å². The molecule has 0 unspecified atom stereocenters. The maximum atomic E-state index is 12.9. The zero-order valence-electron chi connectivity index (χ0n) is 17.4. The Kier molecular flexibility index (Phi) is 5.91. The number of benzene rings is 2. The first-order valence-electron chi connectivity index (χ1n) is 9.89. The minimum Gasteiger partial charge on any atom is -0.493 e. The molecule has 0 spiro atoms. The zero-order chi connectivity index (χ0) is 23.8. The average Bonchev–Trinajstić information content (AvgIpc) is 3.48. The van der Waals surface area contributed by atoms with Crippen molar-refractivity contribution < 1.29 is 18.4 Å². The Morgan fingerprint density at radius 1 is 0.941 bits per heavy atom. The summed E-state index contributed by atoms with van der Waals surface area (Å²) in [5, 5.41) is 3.84. The van der Waals surface area contributed by atoms with E-state index in [1.165, 1.54) is 7.11 Å². The molecule has 0 radical (unpaired) electrons. The van der Waals surface area contributed by atoms with Gasteiger partial charge in [-0.05, 0) is 54.6 Å². The third-order valence-corrected chi connectivity index (χ3v) is 5.96. The van der Waals surface area contributed by atoms with Crippen molar-refractivity contribution in [3.63, 3.8) is 0 Å². The molecule has 2 aromatic carbocycles. The normalized spacial score (nSPS) is 11.1. The number of fused-ring (bicyclic) bond motifs is 1. The molecule has 0 bridgehead atoms. The van der Waals surface area contributed by atoms with Gasteiger partial charge in [-0.15, -0.1) is 0 Å². The van der Waals surface area contributed by atoms with Gasteiger partial charge in [0.05, 0.1) is 27.9 Å². The van der Waals surface area contributed by atoms with Gasteiger partial charge in [-0.25, -0.2) is 4.98 Å². The number of furan rings is 1. The summed E-state index contributed by atoms with van der Waals surface area (Å²) in [5.41, 5.74) is 2.52. The number of rotatable bonds is 5. The number of ether oxygens (including phenoxy) is 1. The SMILES string of the molecule is COc1c(Cl)cc(-c2nc3ncccc3o2)cc1NC(=O)c1ccc(-c2ccc(Cl)c(Cl)c2)o1. The lowest BCUT2D eigenvalue weighted by molar-refractivity contribution is 0.0997. The van der Waals surface area contributed by atoms with Gasteiger partial charge in [-0.3, -0.25) is 4.79 Å². The number of pyridine rings is 1. The van der Waals surface area contributed by atoms with E-state index in [1.807, 2.05) is 0 Å². The molecule has 1 N–H and O–H groups in total. The van der Waals surface area contributed by atoms with E-state index < -0.39 is 5.91 Å². The predicted molar refractivity (Wildman–Crippen MR) is 131 cm³/mol. The van der Waals surface area contributed by atoms with Gasteiger partial charge in [0.25, 0.3) is 5.91 Å². The van der Waals surface area contributed by atoms with E-state index in [4.69, 9.17) is 48.4 Å². The second-order valence-corrected chi connectivity index (χ2v) is 8.35. The van der Waals surface area contributed by atoms with Crippen molar-refractivity contribution in [3.05, 3.63) is 81.6 Å². The zero-order valence-corrected chi connectivity index (χ0v) is 19.7. The van der Waals surface area contributed by atoms with Gasteiger partial charge in [0.2, 0.25) is 5.89 Å². The van der Waals surface area contributed by atoms with Crippen LogP contribution in [0, 0.1) is 0 Å². The quantitative estimate of drug-likeness (QED) is 0.263. The first-order valence-corrected chi connectivity index (χ1v) is 11.0. The number of halogens is 3. The Labute approximate surface area is 208 Å². The van der Waals surface area contributed by atoms with Gasteiger partial charge >= 0.3 is 0 Å².